The molecule has 0 saturated carbocycles. The first-order valence-corrected chi connectivity index (χ1v) is 15.2. The van der Waals surface area contributed by atoms with Crippen LogP contribution in [0.5, 0.6) is 5.75 Å². The number of benzene rings is 1. The number of sulfonamides is 1. The number of amides is 1. The van der Waals surface area contributed by atoms with Gasteiger partial charge < -0.3 is 15.4 Å². The molecule has 218 valence electrons. The number of anilines is 2. The zero-order valence-corrected chi connectivity index (χ0v) is 24.2. The van der Waals surface area contributed by atoms with Crippen LogP contribution in [0.3, 0.4) is 0 Å². The highest BCUT2D eigenvalue weighted by Crippen LogP contribution is 2.46. The Labute approximate surface area is 239 Å². The Morgan fingerprint density at radius 1 is 1.17 bits per heavy atom. The molecule has 2 saturated heterocycles. The zero-order chi connectivity index (χ0) is 29.4. The maximum atomic E-state index is 14.7. The Kier molecular flexibility index (Phi) is 7.89. The van der Waals surface area contributed by atoms with Gasteiger partial charge in [0.15, 0.2) is 5.03 Å². The number of aromatic nitrogens is 2. The first-order chi connectivity index (χ1) is 19.5. The second-order valence-electron chi connectivity index (χ2n) is 11.0. The Hall–Kier alpha value is -3.77. The Bertz CT molecular complexity index is 1560. The number of piperidine rings is 1. The number of nitrogens with one attached hydrogen (secondary N) is 2. The molecule has 5 rings (SSSR count). The summed E-state index contributed by atoms with van der Waals surface area (Å²) < 4.78 is 48.6. The second kappa shape index (κ2) is 11.2. The van der Waals surface area contributed by atoms with Gasteiger partial charge in [0.2, 0.25) is 0 Å². The van der Waals surface area contributed by atoms with Crippen molar-refractivity contribution in [2.24, 2.45) is 5.92 Å². The lowest BCUT2D eigenvalue weighted by Gasteiger charge is -2.46. The molecule has 0 aliphatic carbocycles. The van der Waals surface area contributed by atoms with Crippen LogP contribution in [-0.4, -0.2) is 49.7 Å². The molecule has 2 aromatic heterocycles. The number of nitrogens with zero attached hydrogens (tertiary/aromatic N) is 3. The topological polar surface area (TPSA) is 140 Å². The normalized spacial score (nSPS) is 20.3. The highest BCUT2D eigenvalue weighted by molar-refractivity contribution is 7.90. The minimum absolute atomic E-state index is 0.0136. The molecule has 0 unspecified atom stereocenters. The van der Waals surface area contributed by atoms with E-state index in [9.17, 15) is 17.6 Å². The van der Waals surface area contributed by atoms with Crippen LogP contribution >= 0.6 is 0 Å². The predicted molar refractivity (Wildman–Crippen MR) is 154 cm³/mol. The number of hydrogen-bond acceptors (Lipinski definition) is 9. The third kappa shape index (κ3) is 5.84. The number of fused-ring (bicyclic) bond motifs is 2. The van der Waals surface area contributed by atoms with Crippen LogP contribution in [0.1, 0.15) is 56.3 Å². The number of ether oxygens (including phenoxy) is 1. The minimum Gasteiger partial charge on any atom is -0.493 e. The van der Waals surface area contributed by atoms with E-state index < -0.39 is 27.4 Å². The van der Waals surface area contributed by atoms with Crippen molar-refractivity contribution in [3.63, 3.8) is 0 Å². The monoisotopic (exact) mass is 582 g/mol. The number of carbonyl (C=O) groups is 1. The van der Waals surface area contributed by atoms with Crippen molar-refractivity contribution in [1.82, 2.24) is 20.0 Å². The average Bonchev–Trinajstić information content (AvgIpc) is 3.15. The van der Waals surface area contributed by atoms with Crippen LogP contribution < -0.4 is 25.4 Å². The lowest BCUT2D eigenvalue weighted by atomic mass is 9.96. The van der Waals surface area contributed by atoms with Crippen molar-refractivity contribution in [2.45, 2.75) is 62.7 Å². The quantitative estimate of drug-likeness (QED) is 0.340. The van der Waals surface area contributed by atoms with Gasteiger partial charge in [-0.15, -0.1) is 0 Å². The molecule has 0 radical (unpaired) electrons. The summed E-state index contributed by atoms with van der Waals surface area (Å²) in [6, 6.07) is 11.8. The average molecular weight is 583 g/mol. The van der Waals surface area contributed by atoms with Crippen molar-refractivity contribution >= 4 is 27.6 Å². The molecule has 1 aromatic carbocycles. The molecule has 1 amide bonds. The summed E-state index contributed by atoms with van der Waals surface area (Å²) in [6.45, 7) is 4.44. The van der Waals surface area contributed by atoms with Gasteiger partial charge in [0, 0.05) is 17.7 Å². The molecule has 2 fully saturated rings. The van der Waals surface area contributed by atoms with Crippen molar-refractivity contribution in [3.8, 4) is 17.0 Å². The largest absolute Gasteiger partial charge is 0.493 e. The molecule has 41 heavy (non-hydrogen) atoms. The molecule has 2 atom stereocenters. The lowest BCUT2D eigenvalue weighted by Crippen LogP contribution is -2.59. The number of carbonyl (C=O) groups excluding carboxylic acids is 1. The highest BCUT2D eigenvalue weighted by Gasteiger charge is 2.49. The molecule has 2 bridgehead atoms. The molecule has 2 aliphatic heterocycles. The van der Waals surface area contributed by atoms with E-state index in [2.05, 4.69) is 19.9 Å². The summed E-state index contributed by atoms with van der Waals surface area (Å²) in [4.78, 5) is 24.4. The van der Waals surface area contributed by atoms with E-state index in [-0.39, 0.29) is 28.4 Å². The van der Waals surface area contributed by atoms with E-state index >= 15 is 0 Å². The number of halogens is 1. The van der Waals surface area contributed by atoms with Crippen molar-refractivity contribution in [2.75, 3.05) is 24.3 Å². The van der Waals surface area contributed by atoms with E-state index in [1.807, 2.05) is 20.9 Å². The molecule has 3 aromatic rings. The summed E-state index contributed by atoms with van der Waals surface area (Å²) in [5, 5.41) is 3.08. The number of nitrogen functional groups attached to an aromatic ring is 1. The van der Waals surface area contributed by atoms with E-state index in [0.717, 1.165) is 32.1 Å². The van der Waals surface area contributed by atoms with Crippen LogP contribution in [0.4, 0.5) is 16.0 Å². The fourth-order valence-electron chi connectivity index (χ4n) is 5.74. The van der Waals surface area contributed by atoms with Crippen LogP contribution in [0, 0.1) is 11.7 Å². The van der Waals surface area contributed by atoms with Gasteiger partial charge >= 0.3 is 0 Å². The number of hydrogen-bond donors (Lipinski definition) is 3. The van der Waals surface area contributed by atoms with E-state index in [1.165, 1.54) is 36.4 Å². The summed E-state index contributed by atoms with van der Waals surface area (Å²) in [5.41, 5.74) is 6.23. The Morgan fingerprint density at radius 3 is 2.71 bits per heavy atom. The molecule has 0 spiro atoms. The summed E-state index contributed by atoms with van der Waals surface area (Å²) in [6.07, 6.45) is 4.51. The lowest BCUT2D eigenvalue weighted by molar-refractivity contribution is 0.0981. The maximum Gasteiger partial charge on any atom is 0.281 e. The molecule has 4 N–H and O–H groups in total. The van der Waals surface area contributed by atoms with E-state index in [4.69, 9.17) is 15.5 Å². The predicted octanol–water partition coefficient (Wildman–Crippen LogP) is 4.09. The van der Waals surface area contributed by atoms with Crippen LogP contribution in [0.25, 0.3) is 11.3 Å². The fourth-order valence-corrected chi connectivity index (χ4v) is 6.68. The maximum absolute atomic E-state index is 14.7. The summed E-state index contributed by atoms with van der Waals surface area (Å²) in [7, 11) is -2.44. The zero-order valence-electron chi connectivity index (χ0n) is 23.4. The highest BCUT2D eigenvalue weighted by atomic mass is 32.2. The number of rotatable bonds is 9. The number of nitrogens with two attached hydrogens (primary N) is 1. The number of pyridine rings is 2. The third-order valence-corrected chi connectivity index (χ3v) is 8.89. The first kappa shape index (κ1) is 28.7. The van der Waals surface area contributed by atoms with Crippen LogP contribution in [0.15, 0.2) is 53.6 Å². The van der Waals surface area contributed by atoms with E-state index in [1.54, 1.807) is 12.1 Å². The van der Waals surface area contributed by atoms with Gasteiger partial charge in [0.1, 0.15) is 23.2 Å². The van der Waals surface area contributed by atoms with Gasteiger partial charge in [-0.05, 0) is 81.5 Å². The molecule has 2 aliphatic rings. The Balaban J connectivity index is 1.58. The third-order valence-electron chi connectivity index (χ3n) is 7.66. The molecular weight excluding hydrogens is 547 g/mol. The van der Waals surface area contributed by atoms with Gasteiger partial charge in [-0.3, -0.25) is 10.1 Å². The van der Waals surface area contributed by atoms with Gasteiger partial charge in [0.25, 0.3) is 15.9 Å². The minimum atomic E-state index is -4.32. The summed E-state index contributed by atoms with van der Waals surface area (Å²) in [5.74, 6) is -0.336. The van der Waals surface area contributed by atoms with Crippen LogP contribution in [-0.2, 0) is 10.0 Å². The molecule has 10 nitrogen and oxygen atoms in total. The van der Waals surface area contributed by atoms with Crippen molar-refractivity contribution in [3.05, 3.63) is 59.9 Å². The van der Waals surface area contributed by atoms with Gasteiger partial charge in [-0.2, -0.15) is 8.42 Å². The molecular formula is C29H35FN6O4S. The standard InChI is InChI=1S/C29H35FN6O4S/c1-18(2)17-40-22-15-19(14-20(30)16-22)24-10-9-23(28(37)35-41(38,39)26-8-4-7-25(31)34-26)27(33-24)36-21-6-5-12-29(36,32-3)13-11-21/h4,7-10,14-16,18,21,32H,5-6,11-13,17H2,1-3H3,(H2,31,34)(H,35,37)/t21-,29-/m1/s1. The molecule has 4 heterocycles. The van der Waals surface area contributed by atoms with Crippen molar-refractivity contribution in [1.29, 1.82) is 0 Å². The van der Waals surface area contributed by atoms with Gasteiger partial charge in [0.05, 0.1) is 23.5 Å². The SMILES string of the molecule is CN[C@@]12CCC[C@H](CC1)N2c1nc(-c2cc(F)cc(OCC(C)C)c2)ccc1C(=O)NS(=O)(=O)c1cccc(N)n1. The van der Waals surface area contributed by atoms with Crippen molar-refractivity contribution < 1.29 is 22.3 Å². The summed E-state index contributed by atoms with van der Waals surface area (Å²) >= 11 is 0. The van der Waals surface area contributed by atoms with E-state index in [0.29, 0.717) is 29.4 Å². The van der Waals surface area contributed by atoms with Gasteiger partial charge in [-0.1, -0.05) is 19.9 Å². The van der Waals surface area contributed by atoms with Gasteiger partial charge in [-0.25, -0.2) is 19.1 Å². The first-order valence-electron chi connectivity index (χ1n) is 13.7. The second-order valence-corrected chi connectivity index (χ2v) is 12.6. The van der Waals surface area contributed by atoms with Crippen LogP contribution in [0.2, 0.25) is 0 Å². The molecule has 12 heteroatoms. The Morgan fingerprint density at radius 2 is 1.98 bits per heavy atom. The smallest absolute Gasteiger partial charge is 0.281 e. The fraction of sp³-hybridized carbons (Fsp3) is 0.414.